The molecule has 12 nitrogen and oxygen atoms in total. The summed E-state index contributed by atoms with van der Waals surface area (Å²) in [5, 5.41) is 20.5. The molecular weight excluding hydrogens is 424 g/mol. The molecule has 1 aliphatic rings. The van der Waals surface area contributed by atoms with Crippen molar-refractivity contribution in [2.45, 2.75) is 24.3 Å². The van der Waals surface area contributed by atoms with Gasteiger partial charge in [-0.15, -0.1) is 0 Å². The molecule has 3 aromatic rings. The molecule has 4 rings (SSSR count). The van der Waals surface area contributed by atoms with Gasteiger partial charge in [0.1, 0.15) is 24.6 Å². The highest BCUT2D eigenvalue weighted by Gasteiger charge is 2.56. The maximum atomic E-state index is 15.2. The largest absolute Gasteiger partial charge is 0.426 e. The number of alkyl halides is 1. The van der Waals surface area contributed by atoms with Crippen LogP contribution in [0, 0.1) is 0 Å². The Morgan fingerprint density at radius 2 is 2.10 bits per heavy atom. The van der Waals surface area contributed by atoms with Gasteiger partial charge >= 0.3 is 8.25 Å². The van der Waals surface area contributed by atoms with Crippen molar-refractivity contribution >= 4 is 25.4 Å². The molecule has 0 amide bonds. The van der Waals surface area contributed by atoms with Crippen LogP contribution in [-0.2, 0) is 13.8 Å². The van der Waals surface area contributed by atoms with Gasteiger partial charge in [-0.05, 0) is 12.1 Å². The van der Waals surface area contributed by atoms with E-state index >= 15 is 4.39 Å². The first kappa shape index (κ1) is 20.4. The number of anilines is 1. The van der Waals surface area contributed by atoms with Crippen molar-refractivity contribution < 1.29 is 33.0 Å². The summed E-state index contributed by atoms with van der Waals surface area (Å²) >= 11 is 0. The number of fused-ring (bicyclic) bond motifs is 1. The molecule has 0 spiro atoms. The van der Waals surface area contributed by atoms with Crippen LogP contribution in [0.2, 0.25) is 0 Å². The van der Waals surface area contributed by atoms with Gasteiger partial charge in [-0.25, -0.2) is 13.9 Å². The van der Waals surface area contributed by atoms with Crippen molar-refractivity contribution in [3.8, 4) is 5.75 Å². The second-order valence-corrected chi connectivity index (χ2v) is 7.45. The molecule has 1 aromatic carbocycles. The lowest BCUT2D eigenvalue weighted by molar-refractivity contribution is -0.202. The molecule has 3 heterocycles. The third-order valence-corrected chi connectivity index (χ3v) is 5.21. The summed E-state index contributed by atoms with van der Waals surface area (Å²) in [4.78, 5) is 21.9. The number of hydrogen-bond donors (Lipinski definition) is 4. The molecule has 4 unspecified atom stereocenters. The van der Waals surface area contributed by atoms with Gasteiger partial charge in [-0.3, -0.25) is 18.9 Å². The first-order chi connectivity index (χ1) is 14.3. The molecule has 1 fully saturated rings. The van der Waals surface area contributed by atoms with Crippen LogP contribution in [0.3, 0.4) is 0 Å². The van der Waals surface area contributed by atoms with E-state index in [1.54, 1.807) is 18.2 Å². The molecule has 5 atom stereocenters. The summed E-state index contributed by atoms with van der Waals surface area (Å²) < 4.78 is 43.3. The van der Waals surface area contributed by atoms with Crippen LogP contribution in [0.5, 0.6) is 5.75 Å². The molecule has 160 valence electrons. The lowest BCUT2D eigenvalue weighted by Crippen LogP contribution is -2.42. The second-order valence-electron chi connectivity index (χ2n) is 6.46. The number of H-pyrrole nitrogens is 1. The molecule has 2 aromatic heterocycles. The number of nitrogens with zero attached hydrogens (tertiary/aromatic N) is 3. The zero-order valence-electron chi connectivity index (χ0n) is 15.1. The van der Waals surface area contributed by atoms with Crippen LogP contribution >= 0.6 is 8.25 Å². The van der Waals surface area contributed by atoms with Crippen LogP contribution in [0.4, 0.5) is 10.3 Å². The molecule has 30 heavy (non-hydrogen) atoms. The van der Waals surface area contributed by atoms with Gasteiger partial charge in [0.25, 0.3) is 11.4 Å². The second kappa shape index (κ2) is 7.78. The summed E-state index contributed by atoms with van der Waals surface area (Å²) in [5.41, 5.74) is 4.66. The molecule has 0 aliphatic carbocycles. The van der Waals surface area contributed by atoms with Crippen LogP contribution in [0.25, 0.3) is 11.2 Å². The predicted octanol–water partition coefficient (Wildman–Crippen LogP) is 0.103. The zero-order valence-corrected chi connectivity index (χ0v) is 16.1. The standard InChI is InChI=1S/C16H17FN5O7P/c17-16(6-27-30(26)29-8-4-2-1-3-5-8)11(24)10(23)14(28-16)22-7-19-9-12(22)20-15(18)21-13(9)25/h1-5,7,10-11,14,23-24,30H,6H2,(H3,18,20,21,25)/t10?,11?,14?,16-/m1/s1. The first-order valence-electron chi connectivity index (χ1n) is 8.63. The fraction of sp³-hybridized carbons (Fsp3) is 0.312. The maximum absolute atomic E-state index is 15.2. The summed E-state index contributed by atoms with van der Waals surface area (Å²) in [5.74, 6) is -2.90. The first-order valence-corrected chi connectivity index (χ1v) is 9.86. The number of aromatic nitrogens is 4. The number of rotatable bonds is 6. The minimum atomic E-state index is -3.18. The van der Waals surface area contributed by atoms with E-state index in [9.17, 15) is 19.6 Å². The summed E-state index contributed by atoms with van der Waals surface area (Å²) in [6.45, 7) is -0.991. The van der Waals surface area contributed by atoms with E-state index in [-0.39, 0.29) is 22.9 Å². The van der Waals surface area contributed by atoms with Crippen LogP contribution in [-0.4, -0.2) is 54.4 Å². The van der Waals surface area contributed by atoms with E-state index in [0.29, 0.717) is 0 Å². The van der Waals surface area contributed by atoms with E-state index in [0.717, 1.165) is 10.9 Å². The molecule has 1 aliphatic heterocycles. The van der Waals surface area contributed by atoms with E-state index < -0.39 is 44.7 Å². The van der Waals surface area contributed by atoms with Crippen molar-refractivity contribution in [3.63, 3.8) is 0 Å². The molecule has 0 radical (unpaired) electrons. The highest BCUT2D eigenvalue weighted by molar-refractivity contribution is 7.33. The SMILES string of the molecule is Nc1nc2c(ncn2C2O[C@](F)(CO[PH](=O)Oc3ccccc3)C(O)C2O)c(=O)[nH]1. The number of nitrogens with one attached hydrogen (secondary N) is 1. The van der Waals surface area contributed by atoms with Gasteiger partial charge < -0.3 is 25.2 Å². The van der Waals surface area contributed by atoms with E-state index in [1.807, 2.05) is 0 Å². The van der Waals surface area contributed by atoms with Gasteiger partial charge in [0.05, 0.1) is 6.33 Å². The minimum absolute atomic E-state index is 0.0846. The number of ether oxygens (including phenoxy) is 1. The van der Waals surface area contributed by atoms with Crippen molar-refractivity contribution in [1.82, 2.24) is 19.5 Å². The fourth-order valence-electron chi connectivity index (χ4n) is 2.99. The number of halogens is 1. The average molecular weight is 441 g/mol. The number of benzene rings is 1. The van der Waals surface area contributed by atoms with Gasteiger partial charge in [-0.2, -0.15) is 4.98 Å². The molecule has 0 bridgehead atoms. The Balaban J connectivity index is 1.51. The van der Waals surface area contributed by atoms with Gasteiger partial charge in [0.2, 0.25) is 5.95 Å². The lowest BCUT2D eigenvalue weighted by atomic mass is 10.1. The third kappa shape index (κ3) is 3.68. The highest BCUT2D eigenvalue weighted by atomic mass is 31.1. The summed E-state index contributed by atoms with van der Waals surface area (Å²) in [6.07, 6.45) is -4.27. The Morgan fingerprint density at radius 3 is 2.83 bits per heavy atom. The third-order valence-electron chi connectivity index (χ3n) is 4.43. The predicted molar refractivity (Wildman–Crippen MR) is 101 cm³/mol. The number of hydrogen-bond acceptors (Lipinski definition) is 10. The number of aliphatic hydroxyl groups is 2. The van der Waals surface area contributed by atoms with Crippen LogP contribution < -0.4 is 15.8 Å². The van der Waals surface area contributed by atoms with Crippen molar-refractivity contribution in [1.29, 1.82) is 0 Å². The highest BCUT2D eigenvalue weighted by Crippen LogP contribution is 2.41. The molecule has 14 heteroatoms. The molecule has 0 saturated carbocycles. The normalized spacial score (nSPS) is 27.4. The molecule has 1 saturated heterocycles. The number of imidazole rings is 1. The maximum Gasteiger partial charge on any atom is 0.368 e. The average Bonchev–Trinajstić information content (AvgIpc) is 3.22. The zero-order chi connectivity index (χ0) is 21.5. The van der Waals surface area contributed by atoms with Crippen molar-refractivity contribution in [2.24, 2.45) is 0 Å². The van der Waals surface area contributed by atoms with Gasteiger partial charge in [0.15, 0.2) is 17.4 Å². The summed E-state index contributed by atoms with van der Waals surface area (Å²) in [7, 11) is -3.18. The number of nitrogen functional groups attached to an aromatic ring is 1. The smallest absolute Gasteiger partial charge is 0.368 e. The number of aromatic amines is 1. The number of nitrogens with two attached hydrogens (primary N) is 1. The van der Waals surface area contributed by atoms with Crippen molar-refractivity contribution in [2.75, 3.05) is 12.3 Å². The van der Waals surface area contributed by atoms with Crippen LogP contribution in [0.15, 0.2) is 41.5 Å². The van der Waals surface area contributed by atoms with Gasteiger partial charge in [0, 0.05) is 0 Å². The van der Waals surface area contributed by atoms with Crippen LogP contribution in [0.1, 0.15) is 6.23 Å². The van der Waals surface area contributed by atoms with Gasteiger partial charge in [-0.1, -0.05) is 18.2 Å². The number of aliphatic hydroxyl groups excluding tert-OH is 2. The van der Waals surface area contributed by atoms with Crippen molar-refractivity contribution in [3.05, 3.63) is 47.0 Å². The topological polar surface area (TPSA) is 175 Å². The van der Waals surface area contributed by atoms with E-state index in [4.69, 9.17) is 19.5 Å². The van der Waals surface area contributed by atoms with E-state index in [1.165, 1.54) is 12.1 Å². The summed E-state index contributed by atoms with van der Waals surface area (Å²) in [6, 6.07) is 8.08. The Bertz CT molecular complexity index is 1140. The van der Waals surface area contributed by atoms with E-state index in [2.05, 4.69) is 15.0 Å². The molecule has 5 N–H and O–H groups in total. The Morgan fingerprint density at radius 1 is 1.37 bits per heavy atom. The monoisotopic (exact) mass is 441 g/mol. The minimum Gasteiger partial charge on any atom is -0.426 e. The Kier molecular flexibility index (Phi) is 5.30. The Hall–Kier alpha value is -2.83. The number of para-hydroxylation sites is 1. The molecular formula is C16H17FN5O7P. The Labute approximate surface area is 168 Å². The quantitative estimate of drug-likeness (QED) is 0.384. The lowest BCUT2D eigenvalue weighted by Gasteiger charge is -2.22. The fourth-order valence-corrected chi connectivity index (χ4v) is 3.69.